The highest BCUT2D eigenvalue weighted by atomic mass is 16.7. The highest BCUT2D eigenvalue weighted by Crippen LogP contribution is 2.32. The van der Waals surface area contributed by atoms with E-state index in [-0.39, 0.29) is 13.2 Å². The van der Waals surface area contributed by atoms with Crippen molar-refractivity contribution in [3.8, 4) is 11.5 Å². The Kier molecular flexibility index (Phi) is 5.03. The van der Waals surface area contributed by atoms with Gasteiger partial charge in [0.1, 0.15) is 0 Å². The van der Waals surface area contributed by atoms with Gasteiger partial charge in [0.05, 0.1) is 6.61 Å². The van der Waals surface area contributed by atoms with Crippen molar-refractivity contribution in [2.75, 3.05) is 13.4 Å². The zero-order chi connectivity index (χ0) is 13.5. The van der Waals surface area contributed by atoms with Gasteiger partial charge in [-0.1, -0.05) is 12.5 Å². The normalized spacial score (nSPS) is 12.6. The number of benzene rings is 1. The van der Waals surface area contributed by atoms with E-state index in [1.165, 1.54) is 0 Å². The summed E-state index contributed by atoms with van der Waals surface area (Å²) in [6.07, 6.45) is 2.72. The van der Waals surface area contributed by atoms with Crippen molar-refractivity contribution in [1.29, 1.82) is 0 Å². The molecule has 0 unspecified atom stereocenters. The number of unbranched alkanes of at least 4 members (excludes halogenated alkanes) is 2. The maximum Gasteiger partial charge on any atom is 0.303 e. The fraction of sp³-hybridized carbons (Fsp3) is 0.500. The fourth-order valence-electron chi connectivity index (χ4n) is 1.88. The number of carboxylic acid groups (broad SMARTS) is 1. The standard InChI is InChI=1S/C14H18O5/c15-14(16)4-2-1-3-7-17-9-11-5-6-12-13(8-11)19-10-18-12/h5-6,8H,1-4,7,9-10H2,(H,15,16). The van der Waals surface area contributed by atoms with Crippen LogP contribution >= 0.6 is 0 Å². The highest BCUT2D eigenvalue weighted by Gasteiger charge is 2.12. The summed E-state index contributed by atoms with van der Waals surface area (Å²) in [5.74, 6) is 0.807. The molecule has 1 aliphatic rings. The van der Waals surface area contributed by atoms with Crippen LogP contribution in [-0.4, -0.2) is 24.5 Å². The lowest BCUT2D eigenvalue weighted by molar-refractivity contribution is -0.137. The van der Waals surface area contributed by atoms with Gasteiger partial charge in [-0.2, -0.15) is 0 Å². The van der Waals surface area contributed by atoms with Gasteiger partial charge in [-0.3, -0.25) is 4.79 Å². The average Bonchev–Trinajstić information content (AvgIpc) is 2.84. The number of aliphatic carboxylic acids is 1. The molecule has 0 aliphatic carbocycles. The van der Waals surface area contributed by atoms with Gasteiger partial charge in [-0.25, -0.2) is 0 Å². The summed E-state index contributed by atoms with van der Waals surface area (Å²) in [6, 6.07) is 5.76. The zero-order valence-electron chi connectivity index (χ0n) is 10.8. The third kappa shape index (κ3) is 4.44. The van der Waals surface area contributed by atoms with E-state index in [9.17, 15) is 4.79 Å². The number of hydrogen-bond acceptors (Lipinski definition) is 4. The first kappa shape index (κ1) is 13.7. The maximum atomic E-state index is 10.3. The molecular formula is C14H18O5. The molecule has 0 atom stereocenters. The van der Waals surface area contributed by atoms with Crippen molar-refractivity contribution in [1.82, 2.24) is 0 Å². The Morgan fingerprint density at radius 2 is 2.05 bits per heavy atom. The Labute approximate surface area is 112 Å². The van der Waals surface area contributed by atoms with Crippen molar-refractivity contribution in [2.24, 2.45) is 0 Å². The van der Waals surface area contributed by atoms with E-state index in [0.29, 0.717) is 19.6 Å². The predicted molar refractivity (Wildman–Crippen MR) is 68.3 cm³/mol. The molecule has 1 heterocycles. The molecule has 1 aliphatic heterocycles. The van der Waals surface area contributed by atoms with Crippen LogP contribution in [0.3, 0.4) is 0 Å². The number of carboxylic acids is 1. The van der Waals surface area contributed by atoms with Gasteiger partial charge in [-0.15, -0.1) is 0 Å². The van der Waals surface area contributed by atoms with Crippen LogP contribution in [0.5, 0.6) is 11.5 Å². The number of rotatable bonds is 8. The Balaban J connectivity index is 1.59. The molecule has 2 rings (SSSR count). The van der Waals surface area contributed by atoms with Gasteiger partial charge in [0.15, 0.2) is 11.5 Å². The number of ether oxygens (including phenoxy) is 3. The Bertz CT molecular complexity index is 430. The second-order valence-electron chi connectivity index (χ2n) is 4.44. The smallest absolute Gasteiger partial charge is 0.303 e. The van der Waals surface area contributed by atoms with E-state index in [2.05, 4.69) is 0 Å². The Morgan fingerprint density at radius 1 is 1.21 bits per heavy atom. The predicted octanol–water partition coefficient (Wildman–Crippen LogP) is 2.58. The third-order valence-electron chi connectivity index (χ3n) is 2.89. The molecule has 0 aromatic heterocycles. The molecule has 0 saturated heterocycles. The molecule has 0 saturated carbocycles. The van der Waals surface area contributed by atoms with Crippen LogP contribution in [0.25, 0.3) is 0 Å². The van der Waals surface area contributed by atoms with Gasteiger partial charge in [0.25, 0.3) is 0 Å². The van der Waals surface area contributed by atoms with E-state index in [1.807, 2.05) is 18.2 Å². The van der Waals surface area contributed by atoms with Crippen LogP contribution < -0.4 is 9.47 Å². The van der Waals surface area contributed by atoms with Crippen molar-refractivity contribution >= 4 is 5.97 Å². The second-order valence-corrected chi connectivity index (χ2v) is 4.44. The van der Waals surface area contributed by atoms with Gasteiger partial charge >= 0.3 is 5.97 Å². The molecule has 5 nitrogen and oxygen atoms in total. The maximum absolute atomic E-state index is 10.3. The quantitative estimate of drug-likeness (QED) is 0.732. The van der Waals surface area contributed by atoms with E-state index < -0.39 is 5.97 Å². The monoisotopic (exact) mass is 266 g/mol. The van der Waals surface area contributed by atoms with Crippen LogP contribution in [0.1, 0.15) is 31.2 Å². The van der Waals surface area contributed by atoms with E-state index in [0.717, 1.165) is 29.9 Å². The minimum Gasteiger partial charge on any atom is -0.481 e. The topological polar surface area (TPSA) is 65.0 Å². The van der Waals surface area contributed by atoms with Crippen molar-refractivity contribution < 1.29 is 24.1 Å². The minimum absolute atomic E-state index is 0.238. The summed E-state index contributed by atoms with van der Waals surface area (Å²) in [6.45, 7) is 1.47. The highest BCUT2D eigenvalue weighted by molar-refractivity contribution is 5.66. The summed E-state index contributed by atoms with van der Waals surface area (Å²) in [4.78, 5) is 10.3. The lowest BCUT2D eigenvalue weighted by Crippen LogP contribution is -1.97. The van der Waals surface area contributed by atoms with Gasteiger partial charge < -0.3 is 19.3 Å². The first-order valence-electron chi connectivity index (χ1n) is 6.44. The van der Waals surface area contributed by atoms with E-state index >= 15 is 0 Å². The summed E-state index contributed by atoms with van der Waals surface area (Å²) < 4.78 is 16.1. The molecule has 0 amide bonds. The second kappa shape index (κ2) is 6.99. The first-order valence-corrected chi connectivity index (χ1v) is 6.44. The fourth-order valence-corrected chi connectivity index (χ4v) is 1.88. The number of fused-ring (bicyclic) bond motifs is 1. The molecule has 1 aromatic carbocycles. The first-order chi connectivity index (χ1) is 9.25. The summed E-state index contributed by atoms with van der Waals surface area (Å²) in [7, 11) is 0. The SMILES string of the molecule is O=C(O)CCCCCOCc1ccc2c(c1)OCO2. The molecule has 5 heteroatoms. The molecule has 0 radical (unpaired) electrons. The van der Waals surface area contributed by atoms with Crippen LogP contribution in [0.4, 0.5) is 0 Å². The Morgan fingerprint density at radius 3 is 2.89 bits per heavy atom. The number of carbonyl (C=O) groups is 1. The number of hydrogen-bond donors (Lipinski definition) is 1. The van der Waals surface area contributed by atoms with Crippen LogP contribution in [0, 0.1) is 0 Å². The van der Waals surface area contributed by atoms with Crippen molar-refractivity contribution in [2.45, 2.75) is 32.3 Å². The molecule has 0 bridgehead atoms. The average molecular weight is 266 g/mol. The minimum atomic E-state index is -0.735. The molecular weight excluding hydrogens is 248 g/mol. The lowest BCUT2D eigenvalue weighted by Gasteiger charge is -2.05. The Hall–Kier alpha value is -1.75. The van der Waals surface area contributed by atoms with Gasteiger partial charge in [0, 0.05) is 13.0 Å². The molecule has 19 heavy (non-hydrogen) atoms. The summed E-state index contributed by atoms with van der Waals surface area (Å²) in [5, 5.41) is 8.49. The molecule has 1 aromatic rings. The lowest BCUT2D eigenvalue weighted by atomic mass is 10.2. The van der Waals surface area contributed by atoms with E-state index in [4.69, 9.17) is 19.3 Å². The van der Waals surface area contributed by atoms with Gasteiger partial charge in [-0.05, 0) is 30.5 Å². The summed E-state index contributed by atoms with van der Waals surface area (Å²) >= 11 is 0. The molecule has 0 spiro atoms. The van der Waals surface area contributed by atoms with Gasteiger partial charge in [0.2, 0.25) is 6.79 Å². The van der Waals surface area contributed by atoms with Crippen LogP contribution in [0.15, 0.2) is 18.2 Å². The van der Waals surface area contributed by atoms with Crippen LogP contribution in [-0.2, 0) is 16.1 Å². The third-order valence-corrected chi connectivity index (χ3v) is 2.89. The summed E-state index contributed by atoms with van der Waals surface area (Å²) in [5.41, 5.74) is 1.05. The van der Waals surface area contributed by atoms with Crippen molar-refractivity contribution in [3.05, 3.63) is 23.8 Å². The van der Waals surface area contributed by atoms with Crippen LogP contribution in [0.2, 0.25) is 0 Å². The zero-order valence-corrected chi connectivity index (χ0v) is 10.8. The molecule has 104 valence electrons. The largest absolute Gasteiger partial charge is 0.481 e. The van der Waals surface area contributed by atoms with E-state index in [1.54, 1.807) is 0 Å². The van der Waals surface area contributed by atoms with Crippen molar-refractivity contribution in [3.63, 3.8) is 0 Å². The molecule has 0 fully saturated rings. The molecule has 1 N–H and O–H groups in total.